The lowest BCUT2D eigenvalue weighted by atomic mass is 10.2. The van der Waals surface area contributed by atoms with Gasteiger partial charge in [0.05, 0.1) is 13.9 Å². The molecule has 1 saturated heterocycles. The molecule has 1 heterocycles. The molecule has 2 amide bonds. The smallest absolute Gasteiger partial charge is 0.293 e. The summed E-state index contributed by atoms with van der Waals surface area (Å²) in [7, 11) is 1.48. The molecule has 1 aliphatic heterocycles. The molecule has 0 radical (unpaired) electrons. The normalized spacial score (nSPS) is 15.8. The molecule has 2 aromatic rings. The number of nitrogens with zero attached hydrogens (tertiary/aromatic N) is 1. The van der Waals surface area contributed by atoms with Gasteiger partial charge in [-0.15, -0.1) is 0 Å². The predicted octanol–water partition coefficient (Wildman–Crippen LogP) is 6.06. The number of ether oxygens (including phenoxy) is 1. The zero-order valence-electron chi connectivity index (χ0n) is 13.5. The van der Waals surface area contributed by atoms with Crippen LogP contribution in [-0.2, 0) is 11.4 Å². The number of halogens is 3. The molecular weight excluding hydrogens is 597 g/mol. The Morgan fingerprint density at radius 3 is 2.31 bits per heavy atom. The van der Waals surface area contributed by atoms with Gasteiger partial charge in [0.1, 0.15) is 12.4 Å². The number of imide groups is 1. The van der Waals surface area contributed by atoms with E-state index in [2.05, 4.69) is 54.5 Å². The minimum atomic E-state index is -0.286. The summed E-state index contributed by atoms with van der Waals surface area (Å²) in [5.41, 5.74) is 1.87. The number of benzene rings is 2. The van der Waals surface area contributed by atoms with E-state index in [9.17, 15) is 9.59 Å². The summed E-state index contributed by atoms with van der Waals surface area (Å²) in [6, 6.07) is 11.8. The second kappa shape index (κ2) is 8.45. The summed E-state index contributed by atoms with van der Waals surface area (Å²) in [6.45, 7) is 0.447. The van der Waals surface area contributed by atoms with E-state index in [4.69, 9.17) is 4.74 Å². The van der Waals surface area contributed by atoms with Crippen molar-refractivity contribution in [1.82, 2.24) is 4.90 Å². The highest BCUT2D eigenvalue weighted by molar-refractivity contribution is 14.1. The van der Waals surface area contributed by atoms with Crippen LogP contribution in [0.15, 0.2) is 50.2 Å². The van der Waals surface area contributed by atoms with Crippen molar-refractivity contribution in [1.29, 1.82) is 0 Å². The minimum absolute atomic E-state index is 0.267. The first kappa shape index (κ1) is 19.9. The van der Waals surface area contributed by atoms with Crippen molar-refractivity contribution < 1.29 is 14.3 Å². The van der Waals surface area contributed by atoms with Crippen molar-refractivity contribution in [2.24, 2.45) is 0 Å². The van der Waals surface area contributed by atoms with Crippen LogP contribution in [0.1, 0.15) is 11.1 Å². The summed E-state index contributed by atoms with van der Waals surface area (Å²) < 4.78 is 8.62. The third-order valence-corrected chi connectivity index (χ3v) is 6.46. The zero-order chi connectivity index (χ0) is 18.8. The van der Waals surface area contributed by atoms with Crippen LogP contribution in [0, 0.1) is 3.57 Å². The number of likely N-dealkylation sites (N-methyl/N-ethyl adjacent to an activating group) is 1. The van der Waals surface area contributed by atoms with Crippen molar-refractivity contribution in [3.63, 3.8) is 0 Å². The fourth-order valence-corrected chi connectivity index (χ4v) is 4.87. The molecule has 0 N–H and O–H groups in total. The number of amides is 2. The first-order chi connectivity index (χ1) is 12.3. The van der Waals surface area contributed by atoms with Crippen LogP contribution in [0.4, 0.5) is 4.79 Å². The van der Waals surface area contributed by atoms with Gasteiger partial charge in [0.25, 0.3) is 11.1 Å². The van der Waals surface area contributed by atoms with Gasteiger partial charge in [-0.2, -0.15) is 0 Å². The third-order valence-electron chi connectivity index (χ3n) is 3.60. The Bertz CT molecular complexity index is 892. The molecule has 4 nitrogen and oxygen atoms in total. The summed E-state index contributed by atoms with van der Waals surface area (Å²) in [6.07, 6.45) is 1.70. The molecule has 1 fully saturated rings. The lowest BCUT2D eigenvalue weighted by Gasteiger charge is -2.12. The van der Waals surface area contributed by atoms with E-state index in [0.29, 0.717) is 17.3 Å². The van der Waals surface area contributed by atoms with Gasteiger partial charge in [-0.05, 0) is 108 Å². The summed E-state index contributed by atoms with van der Waals surface area (Å²) in [4.78, 5) is 25.1. The largest absolute Gasteiger partial charge is 0.487 e. The van der Waals surface area contributed by atoms with Crippen molar-refractivity contribution in [3.8, 4) is 5.75 Å². The van der Waals surface area contributed by atoms with Gasteiger partial charge in [-0.25, -0.2) is 0 Å². The zero-order valence-corrected chi connectivity index (χ0v) is 19.6. The van der Waals surface area contributed by atoms with E-state index in [0.717, 1.165) is 36.7 Å². The summed E-state index contributed by atoms with van der Waals surface area (Å²) in [5.74, 6) is 0.399. The molecule has 0 saturated carbocycles. The van der Waals surface area contributed by atoms with E-state index in [1.807, 2.05) is 36.4 Å². The number of thioether (sulfide) groups is 1. The Balaban J connectivity index is 1.79. The lowest BCUT2D eigenvalue weighted by Crippen LogP contribution is -2.22. The average Bonchev–Trinajstić information content (AvgIpc) is 2.83. The average molecular weight is 609 g/mol. The molecule has 1 aliphatic rings. The molecular formula is C18H12Br2INO3S. The Kier molecular flexibility index (Phi) is 6.47. The quantitative estimate of drug-likeness (QED) is 0.313. The molecule has 0 spiro atoms. The van der Waals surface area contributed by atoms with Gasteiger partial charge in [0.2, 0.25) is 0 Å². The first-order valence-electron chi connectivity index (χ1n) is 7.43. The van der Waals surface area contributed by atoms with E-state index in [1.165, 1.54) is 10.6 Å². The summed E-state index contributed by atoms with van der Waals surface area (Å²) >= 11 is 10.2. The molecule has 26 heavy (non-hydrogen) atoms. The maximum atomic E-state index is 12.0. The van der Waals surface area contributed by atoms with Crippen LogP contribution in [-0.4, -0.2) is 23.1 Å². The second-order valence-electron chi connectivity index (χ2n) is 5.47. The maximum Gasteiger partial charge on any atom is 0.293 e. The second-order valence-corrected chi connectivity index (χ2v) is 9.42. The SMILES string of the molecule is CN1C(=O)S/C(=C\c2cc(Br)c(OCc3ccc(I)cc3)c(Br)c2)C1=O. The fraction of sp³-hybridized carbons (Fsp3) is 0.111. The molecule has 0 unspecified atom stereocenters. The Morgan fingerprint density at radius 2 is 1.77 bits per heavy atom. The van der Waals surface area contributed by atoms with E-state index in [-0.39, 0.29) is 11.1 Å². The van der Waals surface area contributed by atoms with E-state index < -0.39 is 0 Å². The number of hydrogen-bond acceptors (Lipinski definition) is 4. The highest BCUT2D eigenvalue weighted by Crippen LogP contribution is 2.37. The highest BCUT2D eigenvalue weighted by atomic mass is 127. The van der Waals surface area contributed by atoms with Crippen LogP contribution in [0.3, 0.4) is 0 Å². The third kappa shape index (κ3) is 4.52. The van der Waals surface area contributed by atoms with Gasteiger partial charge in [-0.1, -0.05) is 12.1 Å². The van der Waals surface area contributed by atoms with Crippen molar-refractivity contribution in [2.75, 3.05) is 7.05 Å². The minimum Gasteiger partial charge on any atom is -0.487 e. The van der Waals surface area contributed by atoms with Gasteiger partial charge in [0, 0.05) is 10.6 Å². The first-order valence-corrected chi connectivity index (χ1v) is 10.9. The van der Waals surface area contributed by atoms with Crippen LogP contribution < -0.4 is 4.74 Å². The van der Waals surface area contributed by atoms with Crippen molar-refractivity contribution in [2.45, 2.75) is 6.61 Å². The van der Waals surface area contributed by atoms with Gasteiger partial charge in [0.15, 0.2) is 0 Å². The van der Waals surface area contributed by atoms with Crippen LogP contribution in [0.5, 0.6) is 5.75 Å². The number of hydrogen-bond donors (Lipinski definition) is 0. The van der Waals surface area contributed by atoms with Crippen LogP contribution in [0.25, 0.3) is 6.08 Å². The molecule has 2 aromatic carbocycles. The highest BCUT2D eigenvalue weighted by Gasteiger charge is 2.31. The Morgan fingerprint density at radius 1 is 1.15 bits per heavy atom. The van der Waals surface area contributed by atoms with Crippen molar-refractivity contribution >= 4 is 83.4 Å². The van der Waals surface area contributed by atoms with Crippen LogP contribution >= 0.6 is 66.2 Å². The Labute approximate surface area is 185 Å². The van der Waals surface area contributed by atoms with Gasteiger partial charge < -0.3 is 4.74 Å². The van der Waals surface area contributed by atoms with Gasteiger partial charge >= 0.3 is 0 Å². The molecule has 134 valence electrons. The maximum absolute atomic E-state index is 12.0. The lowest BCUT2D eigenvalue weighted by molar-refractivity contribution is -0.121. The predicted molar refractivity (Wildman–Crippen MR) is 119 cm³/mol. The fourth-order valence-electron chi connectivity index (χ4n) is 2.23. The molecule has 0 aliphatic carbocycles. The summed E-state index contributed by atoms with van der Waals surface area (Å²) in [5, 5.41) is -0.267. The van der Waals surface area contributed by atoms with Crippen molar-refractivity contribution in [3.05, 3.63) is 64.9 Å². The van der Waals surface area contributed by atoms with E-state index in [1.54, 1.807) is 6.08 Å². The number of carbonyl (C=O) groups is 2. The monoisotopic (exact) mass is 607 g/mol. The number of rotatable bonds is 4. The molecule has 0 bridgehead atoms. The van der Waals surface area contributed by atoms with E-state index >= 15 is 0 Å². The molecule has 3 rings (SSSR count). The molecule has 0 atom stereocenters. The van der Waals surface area contributed by atoms with Gasteiger partial charge in [-0.3, -0.25) is 14.5 Å². The topological polar surface area (TPSA) is 46.6 Å². The standard InChI is InChI=1S/C18H12Br2INO3S/c1-22-17(23)15(26-18(22)24)8-11-6-13(19)16(14(20)7-11)25-9-10-2-4-12(21)5-3-10/h2-8H,9H2,1H3/b15-8-. The Hall–Kier alpha value is -0.840. The molecule has 8 heteroatoms. The van der Waals surface area contributed by atoms with Crippen LogP contribution in [0.2, 0.25) is 0 Å². The number of carbonyl (C=O) groups excluding carboxylic acids is 2. The molecule has 0 aromatic heterocycles.